The van der Waals surface area contributed by atoms with Crippen molar-refractivity contribution in [3.63, 3.8) is 0 Å². The second-order valence-electron chi connectivity index (χ2n) is 8.51. The maximum absolute atomic E-state index is 12.6. The van der Waals surface area contributed by atoms with Crippen molar-refractivity contribution in [2.75, 3.05) is 39.8 Å². The summed E-state index contributed by atoms with van der Waals surface area (Å²) < 4.78 is 6.68. The van der Waals surface area contributed by atoms with Crippen LogP contribution in [0, 0.1) is 0 Å². The minimum Gasteiger partial charge on any atom is -0.467 e. The largest absolute Gasteiger partial charge is 0.467 e. The summed E-state index contributed by atoms with van der Waals surface area (Å²) in [4.78, 5) is 17.3. The molecule has 1 fully saturated rings. The number of ether oxygens (including phenoxy) is 1. The molecule has 1 unspecified atom stereocenters. The van der Waals surface area contributed by atoms with Gasteiger partial charge in [0.2, 0.25) is 0 Å². The maximum Gasteiger partial charge on any atom is 0.331 e. The number of allylic oxidation sites excluding steroid dienone is 1. The summed E-state index contributed by atoms with van der Waals surface area (Å²) in [6, 6.07) is 19.8. The molecule has 0 amide bonds. The monoisotopic (exact) mass is 460 g/mol. The van der Waals surface area contributed by atoms with E-state index < -0.39 is 6.04 Å². The molecule has 0 N–H and O–H groups in total. The third kappa shape index (κ3) is 6.59. The molecule has 1 aliphatic heterocycles. The Balaban J connectivity index is 1.29. The van der Waals surface area contributed by atoms with E-state index in [1.54, 1.807) is 4.68 Å². The number of tetrazole rings is 1. The highest BCUT2D eigenvalue weighted by molar-refractivity contribution is 5.74. The third-order valence-electron chi connectivity index (χ3n) is 6.16. The van der Waals surface area contributed by atoms with E-state index in [-0.39, 0.29) is 5.97 Å². The Kier molecular flexibility index (Phi) is 8.54. The zero-order valence-corrected chi connectivity index (χ0v) is 19.7. The van der Waals surface area contributed by atoms with E-state index in [9.17, 15) is 4.79 Å². The molecule has 0 aliphatic carbocycles. The van der Waals surface area contributed by atoms with E-state index in [0.29, 0.717) is 18.8 Å². The van der Waals surface area contributed by atoms with Crippen molar-refractivity contribution in [2.24, 2.45) is 0 Å². The van der Waals surface area contributed by atoms with E-state index in [0.717, 1.165) is 44.7 Å². The Bertz CT molecular complexity index is 1050. The van der Waals surface area contributed by atoms with Gasteiger partial charge >= 0.3 is 5.97 Å². The predicted molar refractivity (Wildman–Crippen MR) is 130 cm³/mol. The quantitative estimate of drug-likeness (QED) is 0.340. The molecule has 1 atom stereocenters. The average molecular weight is 461 g/mol. The molecule has 8 nitrogen and oxygen atoms in total. The standard InChI is InChI=1S/C26H32N6O2/c1-34-26(33)24(20-23-13-6-3-7-14-23)32-25(27-28-29-32)21-31-18-16-30(17-19-31)15-9-8-12-22-10-4-2-5-11-22/h2-11,13-14,24H,12,15-21H2,1H3/b9-8+. The zero-order valence-electron chi connectivity index (χ0n) is 19.7. The fraction of sp³-hybridized carbons (Fsp3) is 0.385. The number of benzene rings is 2. The highest BCUT2D eigenvalue weighted by atomic mass is 16.5. The van der Waals surface area contributed by atoms with Crippen LogP contribution in [0.1, 0.15) is 23.0 Å². The number of hydrogen-bond donors (Lipinski definition) is 0. The molecule has 4 rings (SSSR count). The first-order valence-corrected chi connectivity index (χ1v) is 11.7. The van der Waals surface area contributed by atoms with Gasteiger partial charge in [-0.2, -0.15) is 0 Å². The van der Waals surface area contributed by atoms with Crippen LogP contribution in [0.5, 0.6) is 0 Å². The molecule has 0 saturated carbocycles. The molecule has 0 spiro atoms. The Morgan fingerprint density at radius 1 is 0.941 bits per heavy atom. The van der Waals surface area contributed by atoms with Crippen molar-refractivity contribution >= 4 is 5.97 Å². The average Bonchev–Trinajstić information content (AvgIpc) is 3.34. The molecule has 8 heteroatoms. The topological polar surface area (TPSA) is 76.4 Å². The highest BCUT2D eigenvalue weighted by Crippen LogP contribution is 2.18. The predicted octanol–water partition coefficient (Wildman–Crippen LogP) is 2.55. The number of aromatic nitrogens is 4. The Hall–Kier alpha value is -3.36. The SMILES string of the molecule is COC(=O)C(Cc1ccccc1)n1nnnc1CN1CCN(C/C=C/Cc2ccccc2)CC1. The number of carbonyl (C=O) groups is 1. The summed E-state index contributed by atoms with van der Waals surface area (Å²) in [6.07, 6.45) is 5.95. The molecule has 3 aromatic rings. The van der Waals surface area contributed by atoms with Crippen LogP contribution in [0.3, 0.4) is 0 Å². The lowest BCUT2D eigenvalue weighted by atomic mass is 10.1. The van der Waals surface area contributed by atoms with Gasteiger partial charge in [0.05, 0.1) is 13.7 Å². The number of hydrogen-bond acceptors (Lipinski definition) is 7. The van der Waals surface area contributed by atoms with Gasteiger partial charge in [-0.15, -0.1) is 5.10 Å². The van der Waals surface area contributed by atoms with Gasteiger partial charge < -0.3 is 4.74 Å². The molecule has 1 aliphatic rings. The molecular weight excluding hydrogens is 428 g/mol. The summed E-state index contributed by atoms with van der Waals surface area (Å²) >= 11 is 0. The van der Waals surface area contributed by atoms with E-state index in [1.165, 1.54) is 12.7 Å². The molecule has 2 aromatic carbocycles. The van der Waals surface area contributed by atoms with Gasteiger partial charge in [-0.25, -0.2) is 9.48 Å². The molecule has 34 heavy (non-hydrogen) atoms. The van der Waals surface area contributed by atoms with Crippen LogP contribution < -0.4 is 0 Å². The maximum atomic E-state index is 12.6. The van der Waals surface area contributed by atoms with Crippen molar-refractivity contribution in [1.82, 2.24) is 30.0 Å². The molecule has 0 bridgehead atoms. The second kappa shape index (κ2) is 12.2. The number of esters is 1. The van der Waals surface area contributed by atoms with Crippen LogP contribution in [0.2, 0.25) is 0 Å². The second-order valence-corrected chi connectivity index (χ2v) is 8.51. The van der Waals surface area contributed by atoms with Crippen LogP contribution >= 0.6 is 0 Å². The first kappa shape index (κ1) is 23.8. The first-order chi connectivity index (χ1) is 16.7. The number of nitrogens with zero attached hydrogens (tertiary/aromatic N) is 6. The molecule has 0 radical (unpaired) electrons. The fourth-order valence-corrected chi connectivity index (χ4v) is 4.19. The number of carbonyl (C=O) groups excluding carboxylic acids is 1. The van der Waals surface area contributed by atoms with Crippen LogP contribution in [0.25, 0.3) is 0 Å². The first-order valence-electron chi connectivity index (χ1n) is 11.7. The van der Waals surface area contributed by atoms with E-state index >= 15 is 0 Å². The Morgan fingerprint density at radius 2 is 1.59 bits per heavy atom. The van der Waals surface area contributed by atoms with Gasteiger partial charge in [0.25, 0.3) is 0 Å². The number of piperazine rings is 1. The summed E-state index contributed by atoms with van der Waals surface area (Å²) in [5, 5.41) is 12.2. The summed E-state index contributed by atoms with van der Waals surface area (Å²) in [6.45, 7) is 5.40. The van der Waals surface area contributed by atoms with E-state index in [1.807, 2.05) is 36.4 Å². The van der Waals surface area contributed by atoms with E-state index in [2.05, 4.69) is 61.7 Å². The van der Waals surface area contributed by atoms with Gasteiger partial charge in [-0.05, 0) is 28.0 Å². The lowest BCUT2D eigenvalue weighted by Gasteiger charge is -2.33. The number of rotatable bonds is 10. The van der Waals surface area contributed by atoms with Crippen molar-refractivity contribution in [3.05, 3.63) is 89.8 Å². The van der Waals surface area contributed by atoms with E-state index in [4.69, 9.17) is 4.74 Å². The van der Waals surface area contributed by atoms with Gasteiger partial charge in [0.1, 0.15) is 0 Å². The Morgan fingerprint density at radius 3 is 2.26 bits per heavy atom. The van der Waals surface area contributed by atoms with Crippen LogP contribution in [0.4, 0.5) is 0 Å². The fourth-order valence-electron chi connectivity index (χ4n) is 4.19. The van der Waals surface area contributed by atoms with Crippen molar-refractivity contribution in [3.8, 4) is 0 Å². The third-order valence-corrected chi connectivity index (χ3v) is 6.16. The van der Waals surface area contributed by atoms with Crippen molar-refractivity contribution < 1.29 is 9.53 Å². The van der Waals surface area contributed by atoms with Gasteiger partial charge in [0, 0.05) is 39.1 Å². The van der Waals surface area contributed by atoms with Gasteiger partial charge in [-0.1, -0.05) is 72.8 Å². The van der Waals surface area contributed by atoms with Crippen LogP contribution in [-0.2, 0) is 28.9 Å². The van der Waals surface area contributed by atoms with Crippen molar-refractivity contribution in [2.45, 2.75) is 25.4 Å². The minimum atomic E-state index is -0.589. The normalized spacial score (nSPS) is 16.0. The summed E-state index contributed by atoms with van der Waals surface area (Å²) in [7, 11) is 1.40. The van der Waals surface area contributed by atoms with Crippen LogP contribution in [-0.4, -0.2) is 75.8 Å². The molecular formula is C26H32N6O2. The molecule has 1 saturated heterocycles. The lowest BCUT2D eigenvalue weighted by Crippen LogP contribution is -2.46. The Labute approximate surface area is 200 Å². The highest BCUT2D eigenvalue weighted by Gasteiger charge is 2.27. The lowest BCUT2D eigenvalue weighted by molar-refractivity contribution is -0.145. The smallest absolute Gasteiger partial charge is 0.331 e. The molecule has 1 aromatic heterocycles. The summed E-state index contributed by atoms with van der Waals surface area (Å²) in [5.74, 6) is 0.340. The van der Waals surface area contributed by atoms with Crippen LogP contribution in [0.15, 0.2) is 72.8 Å². The minimum absolute atomic E-state index is 0.343. The molecule has 2 heterocycles. The van der Waals surface area contributed by atoms with Gasteiger partial charge in [-0.3, -0.25) is 9.80 Å². The summed E-state index contributed by atoms with van der Waals surface area (Å²) in [5.41, 5.74) is 2.37. The van der Waals surface area contributed by atoms with Crippen molar-refractivity contribution in [1.29, 1.82) is 0 Å². The van der Waals surface area contributed by atoms with Gasteiger partial charge in [0.15, 0.2) is 11.9 Å². The number of methoxy groups -OCH3 is 1. The zero-order chi connectivity index (χ0) is 23.6. The molecule has 178 valence electrons.